The van der Waals surface area contributed by atoms with E-state index in [4.69, 9.17) is 30.6 Å². The predicted molar refractivity (Wildman–Crippen MR) is 276 cm³/mol. The lowest BCUT2D eigenvalue weighted by atomic mass is 9.90. The van der Waals surface area contributed by atoms with Crippen LogP contribution in [0.15, 0.2) is 54.6 Å². The topological polar surface area (TPSA) is 286 Å². The maximum atomic E-state index is 14.0. The molecule has 3 heterocycles. The summed E-state index contributed by atoms with van der Waals surface area (Å²) < 4.78 is 17.6. The zero-order valence-electron chi connectivity index (χ0n) is 44.6. The largest absolute Gasteiger partial charge is 0.495 e. The molecule has 5 rings (SSSR count). The van der Waals surface area contributed by atoms with Crippen LogP contribution in [-0.2, 0) is 75.2 Å². The number of ether oxygens (including phenoxy) is 3. The van der Waals surface area contributed by atoms with E-state index in [2.05, 4.69) is 31.9 Å². The first-order valence-corrected chi connectivity index (χ1v) is 26.0. The van der Waals surface area contributed by atoms with Crippen molar-refractivity contribution < 1.29 is 67.0 Å². The molecular weight excluding hydrogens is 1010 g/mol. The van der Waals surface area contributed by atoms with E-state index in [0.29, 0.717) is 21.4 Å². The molecule has 2 saturated heterocycles. The van der Waals surface area contributed by atoms with Crippen molar-refractivity contribution in [2.45, 2.75) is 156 Å². The molecule has 2 fully saturated rings. The Hall–Kier alpha value is -6.87. The summed E-state index contributed by atoms with van der Waals surface area (Å²) in [5, 5.41) is 17.3. The number of nitrogens with zero attached hydrogens (tertiary/aromatic N) is 1. The van der Waals surface area contributed by atoms with Crippen LogP contribution in [0, 0.1) is 23.2 Å². The van der Waals surface area contributed by atoms with E-state index in [1.54, 1.807) is 52.0 Å². The minimum absolute atomic E-state index is 0.00390. The van der Waals surface area contributed by atoms with Gasteiger partial charge in [0.1, 0.15) is 42.1 Å². The highest BCUT2D eigenvalue weighted by Crippen LogP contribution is 2.45. The van der Waals surface area contributed by atoms with Gasteiger partial charge < -0.3 is 50.9 Å². The van der Waals surface area contributed by atoms with Gasteiger partial charge in [0.2, 0.25) is 35.4 Å². The Bertz CT molecular complexity index is 2500. The molecule has 3 unspecified atom stereocenters. The molecule has 8 atom stereocenters. The van der Waals surface area contributed by atoms with Crippen molar-refractivity contribution in [1.29, 1.82) is 0 Å². The number of nitrogens with one attached hydrogen (secondary N) is 6. The Labute approximate surface area is 447 Å². The van der Waals surface area contributed by atoms with Gasteiger partial charge in [0.25, 0.3) is 11.8 Å². The highest BCUT2D eigenvalue weighted by molar-refractivity contribution is 6.32. The van der Waals surface area contributed by atoms with Crippen LogP contribution in [0.3, 0.4) is 0 Å². The molecule has 22 heteroatoms. The summed E-state index contributed by atoms with van der Waals surface area (Å²) in [6, 6.07) is 8.40. The van der Waals surface area contributed by atoms with Crippen LogP contribution >= 0.6 is 11.6 Å². The molecule has 0 saturated carbocycles. The van der Waals surface area contributed by atoms with Crippen LogP contribution < -0.4 is 36.6 Å². The first-order valence-electron chi connectivity index (χ1n) is 25.6. The van der Waals surface area contributed by atoms with E-state index in [1.165, 1.54) is 20.1 Å². The Morgan fingerprint density at radius 3 is 2.16 bits per heavy atom. The first-order chi connectivity index (χ1) is 35.9. The zero-order chi connectivity index (χ0) is 56.0. The van der Waals surface area contributed by atoms with Crippen LogP contribution in [0.25, 0.3) is 0 Å². The highest BCUT2D eigenvalue weighted by Gasteiger charge is 2.48. The van der Waals surface area contributed by atoms with E-state index in [9.17, 15) is 47.9 Å². The molecular formula is C54H72ClN7O14. The summed E-state index contributed by atoms with van der Waals surface area (Å²) >= 11 is 6.38. The number of hydroxylamine groups is 2. The van der Waals surface area contributed by atoms with Crippen molar-refractivity contribution in [2.75, 3.05) is 13.7 Å². The SMILES string of the molecule is COc1ccc(C[C@H]2NC(=O)/C=C/C[C@@H]([C@H](C)C3OC3c3ccc(CNC(=O)C(C)NC(=O)[C@@H](NC(=O)CCCC(=O)ON4C(=O)CCC4=O)C(C)C)cc3)OC(=O)[C@H](CC(C)C)NC(=O)C(C)(C)CNC2=O)cc1Cl. The van der Waals surface area contributed by atoms with Crippen LogP contribution in [0.4, 0.5) is 0 Å². The molecule has 3 aliphatic rings. The Balaban J connectivity index is 1.17. The van der Waals surface area contributed by atoms with E-state index in [0.717, 1.165) is 11.1 Å². The van der Waals surface area contributed by atoms with E-state index in [-0.39, 0.29) is 82.4 Å². The number of esters is 1. The van der Waals surface area contributed by atoms with Gasteiger partial charge in [-0.25, -0.2) is 9.59 Å². The second-order valence-corrected chi connectivity index (χ2v) is 21.3. The second kappa shape index (κ2) is 27.3. The lowest BCUT2D eigenvalue weighted by Crippen LogP contribution is -2.54. The monoisotopic (exact) mass is 1080 g/mol. The van der Waals surface area contributed by atoms with Crippen molar-refractivity contribution in [1.82, 2.24) is 37.0 Å². The summed E-state index contributed by atoms with van der Waals surface area (Å²) in [6.45, 7) is 14.0. The molecule has 76 heavy (non-hydrogen) atoms. The molecule has 21 nitrogen and oxygen atoms in total. The average molecular weight is 1080 g/mol. The lowest BCUT2D eigenvalue weighted by molar-refractivity contribution is -0.197. The number of carbonyl (C=O) groups is 10. The molecule has 414 valence electrons. The first kappa shape index (κ1) is 60.0. The number of carbonyl (C=O) groups excluding carboxylic acids is 10. The molecule has 0 aromatic heterocycles. The normalized spacial score (nSPS) is 22.8. The van der Waals surface area contributed by atoms with Gasteiger partial charge in [-0.1, -0.05) is 82.6 Å². The maximum absolute atomic E-state index is 14.0. The van der Waals surface area contributed by atoms with Gasteiger partial charge in [-0.15, -0.1) is 5.06 Å². The quantitative estimate of drug-likeness (QED) is 0.0626. The minimum atomic E-state index is -1.17. The number of epoxide rings is 1. The fourth-order valence-electron chi connectivity index (χ4n) is 8.48. The van der Waals surface area contributed by atoms with Gasteiger partial charge >= 0.3 is 11.9 Å². The molecule has 8 amide bonds. The zero-order valence-corrected chi connectivity index (χ0v) is 45.3. The third-order valence-corrected chi connectivity index (χ3v) is 13.5. The van der Waals surface area contributed by atoms with Crippen molar-refractivity contribution in [2.24, 2.45) is 23.2 Å². The van der Waals surface area contributed by atoms with Crippen molar-refractivity contribution in [3.63, 3.8) is 0 Å². The van der Waals surface area contributed by atoms with Gasteiger partial charge in [0, 0.05) is 57.5 Å². The number of rotatable bonds is 20. The standard InChI is InChI=1S/C54H72ClN7O14/c1-29(2)24-38-52(71)74-39(12-10-13-41(63)59-37(26-34-18-21-40(73-9)36(55)25-34)50(69)57-28-54(7,8)53(72)60-38)31(5)47-48(75-47)35-19-16-33(17-20-35)27-56-49(68)32(6)58-51(70)46(30(3)4)61-42(64)14-11-15-45(67)76-62-43(65)22-23-44(62)66/h10,13,16-21,25,29-32,37-39,46-48H,11-12,14-15,22-24,26-28H2,1-9H3,(H,56,68)(H,57,69)(H,58,70)(H,59,63)(H,60,72)(H,61,64)/b13-10+/t31-,32?,37+,38-,39-,46-,47?,48?/m0/s1. The molecule has 2 aromatic carbocycles. The number of hydrogen-bond donors (Lipinski definition) is 6. The Morgan fingerprint density at radius 1 is 0.855 bits per heavy atom. The van der Waals surface area contributed by atoms with E-state index >= 15 is 0 Å². The van der Waals surface area contributed by atoms with Gasteiger partial charge in [0.05, 0.1) is 23.7 Å². The van der Waals surface area contributed by atoms with Crippen LogP contribution in [0.1, 0.15) is 123 Å². The smallest absolute Gasteiger partial charge is 0.333 e. The van der Waals surface area contributed by atoms with Crippen molar-refractivity contribution in [3.05, 3.63) is 76.3 Å². The van der Waals surface area contributed by atoms with Gasteiger partial charge in [0.15, 0.2) is 0 Å². The lowest BCUT2D eigenvalue weighted by Gasteiger charge is -2.30. The summed E-state index contributed by atoms with van der Waals surface area (Å²) in [5.74, 6) is -6.15. The summed E-state index contributed by atoms with van der Waals surface area (Å²) in [5.41, 5.74) is 1.06. The minimum Gasteiger partial charge on any atom is -0.495 e. The van der Waals surface area contributed by atoms with E-state index in [1.807, 2.05) is 45.0 Å². The number of cyclic esters (lactones) is 1. The third kappa shape index (κ3) is 17.3. The number of imide groups is 1. The van der Waals surface area contributed by atoms with Crippen LogP contribution in [-0.4, -0.2) is 114 Å². The Morgan fingerprint density at radius 2 is 1.53 bits per heavy atom. The molecule has 0 aliphatic carbocycles. The number of benzene rings is 2. The molecule has 0 radical (unpaired) electrons. The molecule has 2 aromatic rings. The average Bonchev–Trinajstić information content (AvgIpc) is 4.11. The summed E-state index contributed by atoms with van der Waals surface area (Å²) in [6.07, 6.45) is 1.34. The number of halogens is 1. The van der Waals surface area contributed by atoms with Gasteiger partial charge in [-0.3, -0.25) is 38.4 Å². The fourth-order valence-corrected chi connectivity index (χ4v) is 8.76. The molecule has 6 N–H and O–H groups in total. The third-order valence-electron chi connectivity index (χ3n) is 13.2. The summed E-state index contributed by atoms with van der Waals surface area (Å²) in [4.78, 5) is 134. The maximum Gasteiger partial charge on any atom is 0.333 e. The fraction of sp³-hybridized carbons (Fsp3) is 0.556. The molecule has 3 aliphatic heterocycles. The molecule has 0 spiro atoms. The van der Waals surface area contributed by atoms with Crippen LogP contribution in [0.5, 0.6) is 5.75 Å². The predicted octanol–water partition coefficient (Wildman–Crippen LogP) is 3.74. The molecule has 0 bridgehead atoms. The number of methoxy groups -OCH3 is 1. The van der Waals surface area contributed by atoms with E-state index < -0.39 is 107 Å². The van der Waals surface area contributed by atoms with Crippen LogP contribution in [0.2, 0.25) is 5.02 Å². The number of amides is 8. The van der Waals surface area contributed by atoms with Crippen molar-refractivity contribution in [3.8, 4) is 5.75 Å². The number of hydrogen-bond acceptors (Lipinski definition) is 14. The van der Waals surface area contributed by atoms with Crippen molar-refractivity contribution >= 4 is 70.8 Å². The Kier molecular flexibility index (Phi) is 21.5. The second-order valence-electron chi connectivity index (χ2n) is 20.9. The summed E-state index contributed by atoms with van der Waals surface area (Å²) in [7, 11) is 1.49. The highest BCUT2D eigenvalue weighted by atomic mass is 35.5. The van der Waals surface area contributed by atoms with Gasteiger partial charge in [-0.2, -0.15) is 0 Å². The van der Waals surface area contributed by atoms with Gasteiger partial charge in [-0.05, 0) is 80.3 Å².